The Labute approximate surface area is 58.9 Å². The van der Waals surface area contributed by atoms with Gasteiger partial charge in [-0.15, -0.1) is 0 Å². The van der Waals surface area contributed by atoms with E-state index in [0.717, 1.165) is 13.1 Å². The molecule has 0 aromatic heterocycles. The molecule has 0 fully saturated rings. The molecular weight excluding hydrogens is 134 g/mol. The van der Waals surface area contributed by atoms with Crippen LogP contribution in [0.25, 0.3) is 0 Å². The second-order valence-corrected chi connectivity index (χ2v) is 3.01. The van der Waals surface area contributed by atoms with Crippen molar-refractivity contribution in [3.8, 4) is 0 Å². The van der Waals surface area contributed by atoms with E-state index in [2.05, 4.69) is 24.6 Å². The van der Waals surface area contributed by atoms with Crippen molar-refractivity contribution in [1.29, 1.82) is 0 Å². The smallest absolute Gasteiger partial charge is 0.00665 e. The van der Waals surface area contributed by atoms with Gasteiger partial charge in [0.25, 0.3) is 0 Å². The minimum absolute atomic E-state index is 0.604. The quantitative estimate of drug-likeness (QED) is 0.431. The van der Waals surface area contributed by atoms with Crippen molar-refractivity contribution >= 4 is 16.3 Å². The summed E-state index contributed by atoms with van der Waals surface area (Å²) >= 11 is 0. The highest BCUT2D eigenvalue weighted by atomic mass is 32.2. The van der Waals surface area contributed by atoms with Gasteiger partial charge >= 0.3 is 0 Å². The molecule has 0 aliphatic heterocycles. The summed E-state index contributed by atoms with van der Waals surface area (Å²) in [6, 6.07) is 0. The molecule has 0 spiro atoms. The van der Waals surface area contributed by atoms with Crippen LogP contribution in [0.2, 0.25) is 0 Å². The van der Waals surface area contributed by atoms with Crippen LogP contribution in [0.15, 0.2) is 0 Å². The maximum atomic E-state index is 10.5. The molecule has 0 aromatic rings. The van der Waals surface area contributed by atoms with Crippen LogP contribution in [0.4, 0.5) is 0 Å². The lowest BCUT2D eigenvalue weighted by atomic mass is 10.6. The van der Waals surface area contributed by atoms with Gasteiger partial charge in [-0.1, -0.05) is 19.7 Å². The van der Waals surface area contributed by atoms with Crippen LogP contribution in [0.3, 0.4) is 0 Å². The monoisotopic (exact) mass is 148 g/mol. The molecule has 0 unspecified atom stereocenters. The zero-order valence-corrected chi connectivity index (χ0v) is 6.91. The fraction of sp³-hybridized carbons (Fsp3) is 0.833. The van der Waals surface area contributed by atoms with Gasteiger partial charge in [0, 0.05) is 0 Å². The summed E-state index contributed by atoms with van der Waals surface area (Å²) in [5, 5.41) is 0. The molecule has 0 saturated heterocycles. The average molecular weight is 148 g/mol. The van der Waals surface area contributed by atoms with E-state index in [4.69, 9.17) is 0 Å². The van der Waals surface area contributed by atoms with Crippen LogP contribution in [0.1, 0.15) is 13.8 Å². The van der Waals surface area contributed by atoms with Crippen molar-refractivity contribution < 1.29 is 4.21 Å². The SMILES string of the molecule is C=[S-](=O)CN(CC)CC. The predicted octanol–water partition coefficient (Wildman–Crippen LogP) is 0.682. The summed E-state index contributed by atoms with van der Waals surface area (Å²) < 4.78 is 10.5. The Morgan fingerprint density at radius 2 is 1.89 bits per heavy atom. The third-order valence-electron chi connectivity index (χ3n) is 1.22. The molecule has 0 aromatic carbocycles. The van der Waals surface area contributed by atoms with Gasteiger partial charge in [-0.3, -0.25) is 10.4 Å². The van der Waals surface area contributed by atoms with Gasteiger partial charge in [-0.05, 0) is 13.1 Å². The summed E-state index contributed by atoms with van der Waals surface area (Å²) in [7, 11) is -0.919. The third kappa shape index (κ3) is 4.48. The van der Waals surface area contributed by atoms with Crippen LogP contribution in [-0.4, -0.2) is 29.7 Å². The number of nitrogens with zero attached hydrogens (tertiary/aromatic N) is 1. The molecule has 0 heterocycles. The predicted molar refractivity (Wildman–Crippen MR) is 43.0 cm³/mol. The lowest BCUT2D eigenvalue weighted by Gasteiger charge is -2.19. The molecule has 0 rings (SSSR count). The molecule has 2 nitrogen and oxygen atoms in total. The first-order valence-electron chi connectivity index (χ1n) is 3.11. The highest BCUT2D eigenvalue weighted by molar-refractivity contribution is 7.82. The third-order valence-corrected chi connectivity index (χ3v) is 1.87. The highest BCUT2D eigenvalue weighted by Gasteiger charge is 1.89. The van der Waals surface area contributed by atoms with Crippen LogP contribution >= 0.6 is 0 Å². The average Bonchev–Trinajstić information content (AvgIpc) is 1.82. The van der Waals surface area contributed by atoms with Gasteiger partial charge in [-0.2, -0.15) is 5.87 Å². The Kier molecular flexibility index (Phi) is 4.81. The minimum atomic E-state index is -0.919. The first kappa shape index (κ1) is 8.98. The van der Waals surface area contributed by atoms with E-state index >= 15 is 0 Å². The highest BCUT2D eigenvalue weighted by Crippen LogP contribution is 1.84. The Hall–Kier alpha value is -0.0200. The standard InChI is InChI=1S/C6H14NOS/c1-4-7(5-2)6-9(3)8/h3-6H2,1-2H3/q-1. The van der Waals surface area contributed by atoms with Gasteiger partial charge in [0.2, 0.25) is 0 Å². The van der Waals surface area contributed by atoms with E-state index in [1.165, 1.54) is 0 Å². The van der Waals surface area contributed by atoms with Gasteiger partial charge in [0.1, 0.15) is 0 Å². The van der Waals surface area contributed by atoms with Crippen molar-refractivity contribution in [1.82, 2.24) is 4.90 Å². The summed E-state index contributed by atoms with van der Waals surface area (Å²) in [5.74, 6) is 4.01. The van der Waals surface area contributed by atoms with Crippen LogP contribution in [0.5, 0.6) is 0 Å². The number of hydrogen-bond acceptors (Lipinski definition) is 3. The Morgan fingerprint density at radius 1 is 1.44 bits per heavy atom. The molecule has 0 atom stereocenters. The van der Waals surface area contributed by atoms with E-state index in [1.807, 2.05) is 0 Å². The molecule has 0 bridgehead atoms. The maximum Gasteiger partial charge on any atom is -0.00665 e. The van der Waals surface area contributed by atoms with Crippen LogP contribution < -0.4 is 0 Å². The zero-order chi connectivity index (χ0) is 7.28. The summed E-state index contributed by atoms with van der Waals surface area (Å²) in [4.78, 5) is 2.09. The van der Waals surface area contributed by atoms with E-state index in [9.17, 15) is 4.21 Å². The fourth-order valence-corrected chi connectivity index (χ4v) is 1.38. The number of rotatable bonds is 4. The molecular formula is C6H14NOS-. The van der Waals surface area contributed by atoms with Crippen molar-refractivity contribution in [2.75, 3.05) is 19.0 Å². The lowest BCUT2D eigenvalue weighted by molar-refractivity contribution is 0.354. The topological polar surface area (TPSA) is 20.3 Å². The molecule has 0 aliphatic carbocycles. The van der Waals surface area contributed by atoms with E-state index in [1.54, 1.807) is 0 Å². The minimum Gasteiger partial charge on any atom is -0.461 e. The van der Waals surface area contributed by atoms with Crippen molar-refractivity contribution in [3.05, 3.63) is 0 Å². The van der Waals surface area contributed by atoms with Gasteiger partial charge in [-0.25, -0.2) is 0 Å². The summed E-state index contributed by atoms with van der Waals surface area (Å²) in [6.45, 7) is 6.02. The molecule has 9 heavy (non-hydrogen) atoms. The molecule has 0 radical (unpaired) electrons. The zero-order valence-electron chi connectivity index (χ0n) is 6.09. The van der Waals surface area contributed by atoms with E-state index in [0.29, 0.717) is 5.88 Å². The Balaban J connectivity index is 3.55. The number of hydrogen-bond donors (Lipinski definition) is 0. The maximum absolute atomic E-state index is 10.5. The van der Waals surface area contributed by atoms with Crippen LogP contribution in [-0.2, 0) is 14.6 Å². The Morgan fingerprint density at radius 3 is 2.00 bits per heavy atom. The Bertz CT molecular complexity index is 119. The van der Waals surface area contributed by atoms with Crippen molar-refractivity contribution in [2.45, 2.75) is 13.8 Å². The van der Waals surface area contributed by atoms with Crippen LogP contribution in [0, 0.1) is 0 Å². The first-order valence-corrected chi connectivity index (χ1v) is 4.59. The second-order valence-electron chi connectivity index (χ2n) is 1.87. The fourth-order valence-electron chi connectivity index (χ4n) is 0.610. The van der Waals surface area contributed by atoms with Gasteiger partial charge in [0.05, 0.1) is 0 Å². The van der Waals surface area contributed by atoms with Gasteiger partial charge in [0.15, 0.2) is 0 Å². The van der Waals surface area contributed by atoms with Crippen molar-refractivity contribution in [3.63, 3.8) is 0 Å². The summed E-state index contributed by atoms with van der Waals surface area (Å²) in [5.41, 5.74) is 0. The van der Waals surface area contributed by atoms with E-state index in [-0.39, 0.29) is 0 Å². The second kappa shape index (κ2) is 4.82. The first-order chi connectivity index (χ1) is 4.20. The normalized spacial score (nSPS) is 11.1. The van der Waals surface area contributed by atoms with Crippen molar-refractivity contribution in [2.24, 2.45) is 0 Å². The molecule has 0 amide bonds. The molecule has 0 aliphatic rings. The molecule has 0 saturated carbocycles. The largest absolute Gasteiger partial charge is 0.461 e. The molecule has 56 valence electrons. The molecule has 3 heteroatoms. The molecule has 0 N–H and O–H groups in total. The van der Waals surface area contributed by atoms with E-state index < -0.39 is 10.4 Å². The van der Waals surface area contributed by atoms with Gasteiger partial charge < -0.3 is 9.11 Å². The lowest BCUT2D eigenvalue weighted by Crippen LogP contribution is -2.24. The summed E-state index contributed by atoms with van der Waals surface area (Å²) in [6.07, 6.45) is 0.